The van der Waals surface area contributed by atoms with Crippen molar-refractivity contribution < 1.29 is 14.7 Å². The Morgan fingerprint density at radius 3 is 2.58 bits per heavy atom. The number of amides is 1. The lowest BCUT2D eigenvalue weighted by molar-refractivity contribution is -0.116. The molecule has 0 radical (unpaired) electrons. The van der Waals surface area contributed by atoms with Crippen molar-refractivity contribution in [3.8, 4) is 0 Å². The summed E-state index contributed by atoms with van der Waals surface area (Å²) in [6.07, 6.45) is 3.21. The summed E-state index contributed by atoms with van der Waals surface area (Å²) < 4.78 is 3.05. The molecule has 26 heavy (non-hydrogen) atoms. The number of aromatic nitrogens is 5. The Balaban J connectivity index is 1.50. The van der Waals surface area contributed by atoms with Crippen molar-refractivity contribution in [3.63, 3.8) is 0 Å². The zero-order valence-corrected chi connectivity index (χ0v) is 14.2. The van der Waals surface area contributed by atoms with Crippen LogP contribution in [-0.2, 0) is 17.9 Å². The minimum absolute atomic E-state index is 0.0538. The molecule has 1 aromatic carbocycles. The maximum absolute atomic E-state index is 12.0. The highest BCUT2D eigenvalue weighted by Gasteiger charge is 2.10. The molecule has 0 saturated heterocycles. The summed E-state index contributed by atoms with van der Waals surface area (Å²) in [5.74, 6) is -1.14. The molecule has 2 aromatic heterocycles. The Bertz CT molecular complexity index is 913. The summed E-state index contributed by atoms with van der Waals surface area (Å²) in [5.41, 5.74) is 2.22. The molecule has 134 valence electrons. The summed E-state index contributed by atoms with van der Waals surface area (Å²) in [4.78, 5) is 26.8. The second-order valence-electron chi connectivity index (χ2n) is 5.82. The second kappa shape index (κ2) is 7.60. The first-order valence-electron chi connectivity index (χ1n) is 8.01. The van der Waals surface area contributed by atoms with Gasteiger partial charge < -0.3 is 5.11 Å². The van der Waals surface area contributed by atoms with E-state index in [0.29, 0.717) is 6.54 Å². The van der Waals surface area contributed by atoms with Crippen molar-refractivity contribution in [1.82, 2.24) is 24.5 Å². The van der Waals surface area contributed by atoms with Gasteiger partial charge in [-0.3, -0.25) is 14.8 Å². The summed E-state index contributed by atoms with van der Waals surface area (Å²) in [5, 5.41) is 19.5. The van der Waals surface area contributed by atoms with E-state index < -0.39 is 5.97 Å². The molecule has 9 nitrogen and oxygen atoms in total. The third kappa shape index (κ3) is 4.53. The molecule has 3 aromatic rings. The monoisotopic (exact) mass is 354 g/mol. The zero-order valence-electron chi connectivity index (χ0n) is 14.2. The van der Waals surface area contributed by atoms with Gasteiger partial charge in [0.1, 0.15) is 6.33 Å². The van der Waals surface area contributed by atoms with Crippen LogP contribution in [0.4, 0.5) is 5.95 Å². The third-order valence-electron chi connectivity index (χ3n) is 3.68. The van der Waals surface area contributed by atoms with Gasteiger partial charge in [0.15, 0.2) is 5.69 Å². The number of anilines is 1. The number of carboxylic acids is 1. The van der Waals surface area contributed by atoms with Crippen LogP contribution in [0.25, 0.3) is 0 Å². The molecule has 0 aliphatic rings. The predicted octanol–water partition coefficient (Wildman–Crippen LogP) is 1.56. The molecule has 1 amide bonds. The minimum Gasteiger partial charge on any atom is -0.476 e. The van der Waals surface area contributed by atoms with E-state index >= 15 is 0 Å². The van der Waals surface area contributed by atoms with E-state index in [1.54, 1.807) is 11.0 Å². The van der Waals surface area contributed by atoms with Crippen LogP contribution in [0.2, 0.25) is 0 Å². The molecule has 0 atom stereocenters. The van der Waals surface area contributed by atoms with Crippen molar-refractivity contribution in [3.05, 3.63) is 59.7 Å². The van der Waals surface area contributed by atoms with E-state index in [1.165, 1.54) is 22.5 Å². The van der Waals surface area contributed by atoms with E-state index in [-0.39, 0.29) is 30.5 Å². The Labute approximate surface area is 149 Å². The first-order valence-corrected chi connectivity index (χ1v) is 8.01. The van der Waals surface area contributed by atoms with Gasteiger partial charge >= 0.3 is 5.97 Å². The normalized spacial score (nSPS) is 10.7. The molecule has 0 unspecified atom stereocenters. The van der Waals surface area contributed by atoms with E-state index in [9.17, 15) is 9.59 Å². The van der Waals surface area contributed by atoms with E-state index in [0.717, 1.165) is 5.56 Å². The number of nitrogens with one attached hydrogen (secondary N) is 1. The van der Waals surface area contributed by atoms with Crippen LogP contribution in [0, 0.1) is 6.92 Å². The molecule has 0 bridgehead atoms. The van der Waals surface area contributed by atoms with Crippen LogP contribution in [0.1, 0.15) is 28.0 Å². The van der Waals surface area contributed by atoms with Crippen molar-refractivity contribution in [2.24, 2.45) is 0 Å². The lowest BCUT2D eigenvalue weighted by atomic mass is 10.1. The summed E-state index contributed by atoms with van der Waals surface area (Å²) >= 11 is 0. The van der Waals surface area contributed by atoms with Gasteiger partial charge in [0.05, 0.1) is 6.54 Å². The molecule has 0 fully saturated rings. The Morgan fingerprint density at radius 1 is 1.12 bits per heavy atom. The predicted molar refractivity (Wildman–Crippen MR) is 92.7 cm³/mol. The Morgan fingerprint density at radius 2 is 1.88 bits per heavy atom. The van der Waals surface area contributed by atoms with Crippen molar-refractivity contribution in [1.29, 1.82) is 0 Å². The molecular weight excluding hydrogens is 336 g/mol. The highest BCUT2D eigenvalue weighted by molar-refractivity contribution is 5.88. The van der Waals surface area contributed by atoms with Gasteiger partial charge in [0.25, 0.3) is 0 Å². The fraction of sp³-hybridized carbons (Fsp3) is 0.235. The SMILES string of the molecule is Cc1ccc(Cn2cnc(NC(=O)CCn3ccc(C(=O)O)n3)n2)cc1. The maximum atomic E-state index is 12.0. The molecular formula is C17H18N6O3. The Hall–Kier alpha value is -3.49. The van der Waals surface area contributed by atoms with Crippen molar-refractivity contribution in [2.75, 3.05) is 5.32 Å². The second-order valence-corrected chi connectivity index (χ2v) is 5.82. The van der Waals surface area contributed by atoms with Gasteiger partial charge in [-0.2, -0.15) is 5.10 Å². The highest BCUT2D eigenvalue weighted by Crippen LogP contribution is 2.06. The maximum Gasteiger partial charge on any atom is 0.356 e. The van der Waals surface area contributed by atoms with Crippen LogP contribution < -0.4 is 5.32 Å². The average Bonchev–Trinajstić information content (AvgIpc) is 3.25. The number of carboxylic acid groups (broad SMARTS) is 1. The quantitative estimate of drug-likeness (QED) is 0.665. The molecule has 2 heterocycles. The first-order chi connectivity index (χ1) is 12.5. The van der Waals surface area contributed by atoms with Crippen molar-refractivity contribution in [2.45, 2.75) is 26.4 Å². The molecule has 2 N–H and O–H groups in total. The molecule has 0 saturated carbocycles. The smallest absolute Gasteiger partial charge is 0.356 e. The van der Waals surface area contributed by atoms with Crippen LogP contribution in [0.15, 0.2) is 42.9 Å². The fourth-order valence-electron chi connectivity index (χ4n) is 2.31. The number of rotatable bonds is 7. The third-order valence-corrected chi connectivity index (χ3v) is 3.68. The minimum atomic E-state index is -1.10. The van der Waals surface area contributed by atoms with E-state index in [1.807, 2.05) is 31.2 Å². The number of nitrogens with zero attached hydrogens (tertiary/aromatic N) is 5. The van der Waals surface area contributed by atoms with Crippen LogP contribution in [0.3, 0.4) is 0 Å². The first kappa shape index (κ1) is 17.3. The Kier molecular flexibility index (Phi) is 5.07. The number of hydrogen-bond donors (Lipinski definition) is 2. The van der Waals surface area contributed by atoms with Gasteiger partial charge in [0.2, 0.25) is 11.9 Å². The lowest BCUT2D eigenvalue weighted by Gasteiger charge is -2.03. The van der Waals surface area contributed by atoms with Gasteiger partial charge in [-0.05, 0) is 18.6 Å². The number of hydrogen-bond acceptors (Lipinski definition) is 5. The van der Waals surface area contributed by atoms with Crippen molar-refractivity contribution >= 4 is 17.8 Å². The zero-order chi connectivity index (χ0) is 18.5. The van der Waals surface area contributed by atoms with Crippen LogP contribution in [0.5, 0.6) is 0 Å². The van der Waals surface area contributed by atoms with Gasteiger partial charge in [-0.15, -0.1) is 5.10 Å². The number of carbonyl (C=O) groups excluding carboxylic acids is 1. The van der Waals surface area contributed by atoms with Gasteiger partial charge in [0, 0.05) is 19.2 Å². The topological polar surface area (TPSA) is 115 Å². The standard InChI is InChI=1S/C17H18N6O3/c1-12-2-4-13(5-3-12)10-23-11-18-17(21-23)19-15(24)7-9-22-8-6-14(20-22)16(25)26/h2-6,8,11H,7,9-10H2,1H3,(H,25,26)(H,19,21,24). The fourth-order valence-corrected chi connectivity index (χ4v) is 2.31. The average molecular weight is 354 g/mol. The molecule has 0 aliphatic carbocycles. The molecule has 3 rings (SSSR count). The number of benzene rings is 1. The lowest BCUT2D eigenvalue weighted by Crippen LogP contribution is -2.16. The van der Waals surface area contributed by atoms with Crippen LogP contribution >= 0.6 is 0 Å². The molecule has 0 spiro atoms. The largest absolute Gasteiger partial charge is 0.476 e. The summed E-state index contributed by atoms with van der Waals surface area (Å²) in [6, 6.07) is 9.48. The van der Waals surface area contributed by atoms with Gasteiger partial charge in [-0.1, -0.05) is 29.8 Å². The van der Waals surface area contributed by atoms with Crippen LogP contribution in [-0.4, -0.2) is 41.5 Å². The van der Waals surface area contributed by atoms with E-state index in [4.69, 9.17) is 5.11 Å². The summed E-state index contributed by atoms with van der Waals surface area (Å²) in [7, 11) is 0. The molecule has 0 aliphatic heterocycles. The highest BCUT2D eigenvalue weighted by atomic mass is 16.4. The molecule has 9 heteroatoms. The number of carbonyl (C=O) groups is 2. The van der Waals surface area contributed by atoms with Gasteiger partial charge in [-0.25, -0.2) is 14.5 Å². The number of aryl methyl sites for hydroxylation is 2. The number of aromatic carboxylic acids is 1. The van der Waals surface area contributed by atoms with E-state index in [2.05, 4.69) is 20.5 Å². The summed E-state index contributed by atoms with van der Waals surface area (Å²) in [6.45, 7) is 2.86.